The molecule has 3 heterocycles. The standard InChI is InChI=1S/C23H24FN5O2/c1-28-16-19(13-26-28)23-18(12-25-14-21(23)24)4-7-22(30)27-20-5-2-17(3-6-20)15-29-8-10-31-11-9-29/h2-7,12-14,16H,8-11,15H2,1H3,(H,27,30). The molecule has 0 bridgehead atoms. The Hall–Kier alpha value is -3.36. The van der Waals surface area contributed by atoms with Gasteiger partial charge in [0.1, 0.15) is 5.82 Å². The molecule has 8 heteroatoms. The Labute approximate surface area is 180 Å². The fourth-order valence-corrected chi connectivity index (χ4v) is 3.49. The van der Waals surface area contributed by atoms with Gasteiger partial charge in [0.05, 0.1) is 25.6 Å². The zero-order chi connectivity index (χ0) is 21.6. The van der Waals surface area contributed by atoms with E-state index in [1.165, 1.54) is 17.8 Å². The topological polar surface area (TPSA) is 72.3 Å². The third kappa shape index (κ3) is 5.42. The summed E-state index contributed by atoms with van der Waals surface area (Å²) in [6.45, 7) is 4.26. The van der Waals surface area contributed by atoms with Gasteiger partial charge < -0.3 is 10.1 Å². The Morgan fingerprint density at radius 3 is 2.68 bits per heavy atom. The van der Waals surface area contributed by atoms with Crippen LogP contribution in [0.1, 0.15) is 11.1 Å². The molecule has 1 N–H and O–H groups in total. The monoisotopic (exact) mass is 421 g/mol. The predicted octanol–water partition coefficient (Wildman–Crippen LogP) is 3.11. The van der Waals surface area contributed by atoms with Crippen LogP contribution < -0.4 is 5.32 Å². The highest BCUT2D eigenvalue weighted by Gasteiger charge is 2.13. The fourth-order valence-electron chi connectivity index (χ4n) is 3.49. The summed E-state index contributed by atoms with van der Waals surface area (Å²) in [5, 5.41) is 6.92. The van der Waals surface area contributed by atoms with Crippen LogP contribution in [0.15, 0.2) is 55.1 Å². The Bertz CT molecular complexity index is 1070. The lowest BCUT2D eigenvalue weighted by Gasteiger charge is -2.26. The van der Waals surface area contributed by atoms with Gasteiger partial charge in [-0.2, -0.15) is 5.10 Å². The van der Waals surface area contributed by atoms with Crippen LogP contribution in [0.25, 0.3) is 17.2 Å². The zero-order valence-corrected chi connectivity index (χ0v) is 17.3. The highest BCUT2D eigenvalue weighted by Crippen LogP contribution is 2.26. The van der Waals surface area contributed by atoms with Crippen molar-refractivity contribution in [2.75, 3.05) is 31.6 Å². The summed E-state index contributed by atoms with van der Waals surface area (Å²) in [5.41, 5.74) is 3.37. The average Bonchev–Trinajstić information content (AvgIpc) is 3.20. The first kappa shape index (κ1) is 20.9. The van der Waals surface area contributed by atoms with Crippen LogP contribution in [0.4, 0.5) is 10.1 Å². The number of nitrogens with zero attached hydrogens (tertiary/aromatic N) is 4. The van der Waals surface area contributed by atoms with Crippen molar-refractivity contribution in [1.82, 2.24) is 19.7 Å². The van der Waals surface area contributed by atoms with Crippen molar-refractivity contribution in [3.05, 3.63) is 72.1 Å². The van der Waals surface area contributed by atoms with Crippen molar-refractivity contribution < 1.29 is 13.9 Å². The molecule has 4 rings (SSSR count). The molecule has 0 unspecified atom stereocenters. The molecule has 0 radical (unpaired) electrons. The number of carbonyl (C=O) groups excluding carboxylic acids is 1. The number of anilines is 1. The SMILES string of the molecule is Cn1cc(-c2c(F)cncc2C=CC(=O)Nc2ccc(CN3CCOCC3)cc2)cn1. The van der Waals surface area contributed by atoms with Crippen LogP contribution in [0.5, 0.6) is 0 Å². The maximum atomic E-state index is 14.4. The molecule has 0 spiro atoms. The van der Waals surface area contributed by atoms with Crippen LogP contribution >= 0.6 is 0 Å². The summed E-state index contributed by atoms with van der Waals surface area (Å²) in [4.78, 5) is 18.6. The number of halogens is 1. The highest BCUT2D eigenvalue weighted by molar-refractivity contribution is 6.02. The van der Waals surface area contributed by atoms with Crippen molar-refractivity contribution in [2.45, 2.75) is 6.54 Å². The van der Waals surface area contributed by atoms with E-state index in [0.717, 1.165) is 39.0 Å². The van der Waals surface area contributed by atoms with Gasteiger partial charge in [-0.3, -0.25) is 19.4 Å². The first-order chi connectivity index (χ1) is 15.1. The summed E-state index contributed by atoms with van der Waals surface area (Å²) in [6.07, 6.45) is 8.90. The smallest absolute Gasteiger partial charge is 0.248 e. The Morgan fingerprint density at radius 2 is 1.97 bits per heavy atom. The number of morpholine rings is 1. The third-order valence-electron chi connectivity index (χ3n) is 5.07. The number of ether oxygens (including phenoxy) is 1. The van der Waals surface area contributed by atoms with Gasteiger partial charge in [0.2, 0.25) is 5.91 Å². The average molecular weight is 421 g/mol. The van der Waals surface area contributed by atoms with Crippen LogP contribution in [-0.2, 0) is 23.1 Å². The number of hydrogen-bond acceptors (Lipinski definition) is 5. The van der Waals surface area contributed by atoms with E-state index in [1.54, 1.807) is 30.2 Å². The number of aromatic nitrogens is 3. The molecule has 0 aliphatic carbocycles. The summed E-state index contributed by atoms with van der Waals surface area (Å²) < 4.78 is 21.3. The molecule has 1 aromatic carbocycles. The van der Waals surface area contributed by atoms with Crippen LogP contribution in [0.2, 0.25) is 0 Å². The van der Waals surface area contributed by atoms with E-state index in [4.69, 9.17) is 4.74 Å². The maximum Gasteiger partial charge on any atom is 0.248 e. The molecule has 3 aromatic rings. The van der Waals surface area contributed by atoms with Crippen molar-refractivity contribution in [3.63, 3.8) is 0 Å². The predicted molar refractivity (Wildman–Crippen MR) is 117 cm³/mol. The largest absolute Gasteiger partial charge is 0.379 e. The van der Waals surface area contributed by atoms with Crippen LogP contribution in [0.3, 0.4) is 0 Å². The molecule has 0 atom stereocenters. The molecule has 7 nitrogen and oxygen atoms in total. The quantitative estimate of drug-likeness (QED) is 0.620. The van der Waals surface area contributed by atoms with Gasteiger partial charge in [0.25, 0.3) is 0 Å². The number of carbonyl (C=O) groups is 1. The summed E-state index contributed by atoms with van der Waals surface area (Å²) in [5.74, 6) is -0.770. The van der Waals surface area contributed by atoms with E-state index in [9.17, 15) is 9.18 Å². The number of aryl methyl sites for hydroxylation is 1. The number of amides is 1. The van der Waals surface area contributed by atoms with E-state index in [0.29, 0.717) is 22.4 Å². The normalized spacial score (nSPS) is 14.8. The van der Waals surface area contributed by atoms with Crippen molar-refractivity contribution in [3.8, 4) is 11.1 Å². The van der Waals surface area contributed by atoms with Gasteiger partial charge in [-0.1, -0.05) is 12.1 Å². The molecule has 160 valence electrons. The first-order valence-electron chi connectivity index (χ1n) is 10.1. The van der Waals surface area contributed by atoms with Gasteiger partial charge in [-0.15, -0.1) is 0 Å². The van der Waals surface area contributed by atoms with Gasteiger partial charge in [0.15, 0.2) is 0 Å². The molecule has 31 heavy (non-hydrogen) atoms. The number of pyridine rings is 1. The third-order valence-corrected chi connectivity index (χ3v) is 5.07. The first-order valence-corrected chi connectivity index (χ1v) is 10.1. The second-order valence-electron chi connectivity index (χ2n) is 7.40. The van der Waals surface area contributed by atoms with Gasteiger partial charge in [-0.05, 0) is 23.8 Å². The maximum absolute atomic E-state index is 14.4. The lowest BCUT2D eigenvalue weighted by Crippen LogP contribution is -2.35. The zero-order valence-electron chi connectivity index (χ0n) is 17.3. The Kier molecular flexibility index (Phi) is 6.49. The van der Waals surface area contributed by atoms with Gasteiger partial charge in [-0.25, -0.2) is 4.39 Å². The van der Waals surface area contributed by atoms with Crippen molar-refractivity contribution in [1.29, 1.82) is 0 Å². The van der Waals surface area contributed by atoms with E-state index in [1.807, 2.05) is 24.3 Å². The lowest BCUT2D eigenvalue weighted by molar-refractivity contribution is -0.111. The minimum atomic E-state index is -0.466. The minimum Gasteiger partial charge on any atom is -0.379 e. The lowest BCUT2D eigenvalue weighted by atomic mass is 10.0. The summed E-state index contributed by atoms with van der Waals surface area (Å²) >= 11 is 0. The molecular weight excluding hydrogens is 397 g/mol. The Morgan fingerprint density at radius 1 is 1.19 bits per heavy atom. The number of benzene rings is 1. The second kappa shape index (κ2) is 9.63. The van der Waals surface area contributed by atoms with E-state index >= 15 is 0 Å². The van der Waals surface area contributed by atoms with Crippen LogP contribution in [0, 0.1) is 5.82 Å². The van der Waals surface area contributed by atoms with E-state index < -0.39 is 5.82 Å². The minimum absolute atomic E-state index is 0.303. The molecule has 1 aliphatic heterocycles. The second-order valence-corrected chi connectivity index (χ2v) is 7.40. The molecule has 1 aliphatic rings. The molecule has 0 saturated carbocycles. The van der Waals surface area contributed by atoms with Gasteiger partial charge >= 0.3 is 0 Å². The summed E-state index contributed by atoms with van der Waals surface area (Å²) in [7, 11) is 1.76. The molecule has 2 aromatic heterocycles. The number of rotatable bonds is 6. The van der Waals surface area contributed by atoms with Crippen molar-refractivity contribution >= 4 is 17.7 Å². The Balaban J connectivity index is 1.40. The molecular formula is C23H24FN5O2. The van der Waals surface area contributed by atoms with Crippen molar-refractivity contribution in [2.24, 2.45) is 7.05 Å². The van der Waals surface area contributed by atoms with E-state index in [2.05, 4.69) is 20.3 Å². The highest BCUT2D eigenvalue weighted by atomic mass is 19.1. The van der Waals surface area contributed by atoms with Crippen LogP contribution in [-0.4, -0.2) is 51.9 Å². The molecule has 1 amide bonds. The van der Waals surface area contributed by atoms with E-state index in [-0.39, 0.29) is 5.91 Å². The summed E-state index contributed by atoms with van der Waals surface area (Å²) in [6, 6.07) is 7.77. The fraction of sp³-hybridized carbons (Fsp3) is 0.261. The number of hydrogen-bond donors (Lipinski definition) is 1. The van der Waals surface area contributed by atoms with Gasteiger partial charge in [0, 0.05) is 67.5 Å². The number of nitrogens with one attached hydrogen (secondary N) is 1. The molecule has 1 fully saturated rings. The molecule has 1 saturated heterocycles.